The van der Waals surface area contributed by atoms with Gasteiger partial charge in [0.05, 0.1) is 7.11 Å². The molecule has 0 fully saturated rings. The Kier molecular flexibility index (Phi) is 5.26. The predicted octanol–water partition coefficient (Wildman–Crippen LogP) is 2.76. The van der Waals surface area contributed by atoms with E-state index in [1.807, 2.05) is 7.05 Å². The average molecular weight is 225 g/mol. The van der Waals surface area contributed by atoms with Crippen LogP contribution in [0.2, 0.25) is 0 Å². The van der Waals surface area contributed by atoms with Crippen LogP contribution >= 0.6 is 0 Å². The Bertz CT molecular complexity index is 324. The minimum Gasteiger partial charge on any atom is -0.496 e. The summed E-state index contributed by atoms with van der Waals surface area (Å²) < 4.78 is 18.3. The predicted molar refractivity (Wildman–Crippen MR) is 64.4 cm³/mol. The molecule has 0 aliphatic carbocycles. The van der Waals surface area contributed by atoms with E-state index in [2.05, 4.69) is 12.2 Å². The third kappa shape index (κ3) is 3.49. The van der Waals surface area contributed by atoms with Gasteiger partial charge in [-0.1, -0.05) is 6.92 Å². The summed E-state index contributed by atoms with van der Waals surface area (Å²) in [6, 6.07) is 5.15. The normalized spacial score (nSPS) is 12.5. The van der Waals surface area contributed by atoms with Gasteiger partial charge in [0.2, 0.25) is 0 Å². The molecule has 0 aliphatic heterocycles. The van der Waals surface area contributed by atoms with Crippen LogP contribution in [0.3, 0.4) is 0 Å². The molecule has 1 aromatic carbocycles. The summed E-state index contributed by atoms with van der Waals surface area (Å²) in [7, 11) is 3.57. The SMILES string of the molecule is CCC(CCc1cc(F)ccc1OC)NC. The molecular formula is C13H20FNO. The van der Waals surface area contributed by atoms with Crippen LogP contribution in [-0.4, -0.2) is 20.2 Å². The number of benzene rings is 1. The van der Waals surface area contributed by atoms with Crippen molar-refractivity contribution in [2.45, 2.75) is 32.2 Å². The third-order valence-corrected chi connectivity index (χ3v) is 2.91. The molecular weight excluding hydrogens is 205 g/mol. The number of rotatable bonds is 6. The Morgan fingerprint density at radius 2 is 2.19 bits per heavy atom. The van der Waals surface area contributed by atoms with E-state index in [9.17, 15) is 4.39 Å². The van der Waals surface area contributed by atoms with E-state index in [4.69, 9.17) is 4.74 Å². The Balaban J connectivity index is 2.68. The second-order valence-corrected chi connectivity index (χ2v) is 3.89. The Hall–Kier alpha value is -1.09. The molecule has 0 aliphatic rings. The molecule has 0 aromatic heterocycles. The van der Waals surface area contributed by atoms with Gasteiger partial charge in [0.25, 0.3) is 0 Å². The largest absolute Gasteiger partial charge is 0.496 e. The van der Waals surface area contributed by atoms with Crippen molar-refractivity contribution in [2.24, 2.45) is 0 Å². The van der Waals surface area contributed by atoms with E-state index in [-0.39, 0.29) is 5.82 Å². The summed E-state index contributed by atoms with van der Waals surface area (Å²) >= 11 is 0. The molecule has 1 unspecified atom stereocenters. The summed E-state index contributed by atoms with van der Waals surface area (Å²) in [5.41, 5.74) is 0.941. The van der Waals surface area contributed by atoms with Gasteiger partial charge in [0.1, 0.15) is 11.6 Å². The molecule has 1 rings (SSSR count). The first kappa shape index (κ1) is 13.0. The van der Waals surface area contributed by atoms with Gasteiger partial charge in [-0.25, -0.2) is 4.39 Å². The Morgan fingerprint density at radius 3 is 2.75 bits per heavy atom. The van der Waals surface area contributed by atoms with Crippen LogP contribution in [0.5, 0.6) is 5.75 Å². The van der Waals surface area contributed by atoms with E-state index in [1.54, 1.807) is 19.2 Å². The van der Waals surface area contributed by atoms with E-state index in [0.29, 0.717) is 6.04 Å². The average Bonchev–Trinajstić information content (AvgIpc) is 2.30. The fourth-order valence-corrected chi connectivity index (χ4v) is 1.82. The van der Waals surface area contributed by atoms with Crippen LogP contribution in [0, 0.1) is 5.82 Å². The zero-order valence-corrected chi connectivity index (χ0v) is 10.2. The van der Waals surface area contributed by atoms with Crippen molar-refractivity contribution >= 4 is 0 Å². The fraction of sp³-hybridized carbons (Fsp3) is 0.538. The minimum absolute atomic E-state index is 0.201. The van der Waals surface area contributed by atoms with Crippen LogP contribution in [0.4, 0.5) is 4.39 Å². The molecule has 0 bridgehead atoms. The van der Waals surface area contributed by atoms with Crippen LogP contribution in [0.15, 0.2) is 18.2 Å². The lowest BCUT2D eigenvalue weighted by molar-refractivity contribution is 0.405. The second-order valence-electron chi connectivity index (χ2n) is 3.89. The lowest BCUT2D eigenvalue weighted by Crippen LogP contribution is -2.24. The number of methoxy groups -OCH3 is 1. The van der Waals surface area contributed by atoms with Gasteiger partial charge in [0, 0.05) is 6.04 Å². The first-order chi connectivity index (χ1) is 7.71. The van der Waals surface area contributed by atoms with Crippen molar-refractivity contribution in [3.05, 3.63) is 29.6 Å². The van der Waals surface area contributed by atoms with Gasteiger partial charge in [-0.15, -0.1) is 0 Å². The zero-order chi connectivity index (χ0) is 12.0. The van der Waals surface area contributed by atoms with Gasteiger partial charge < -0.3 is 10.1 Å². The Labute approximate surface area is 96.8 Å². The number of hydrogen-bond acceptors (Lipinski definition) is 2. The number of ether oxygens (including phenoxy) is 1. The van der Waals surface area contributed by atoms with E-state index >= 15 is 0 Å². The molecule has 0 saturated carbocycles. The maximum atomic E-state index is 13.1. The van der Waals surface area contributed by atoms with Crippen molar-refractivity contribution in [3.8, 4) is 5.75 Å². The lowest BCUT2D eigenvalue weighted by atomic mass is 10.0. The fourth-order valence-electron chi connectivity index (χ4n) is 1.82. The first-order valence-corrected chi connectivity index (χ1v) is 5.71. The standard InChI is InChI=1S/C13H20FNO/c1-4-12(15-2)7-5-10-9-11(14)6-8-13(10)16-3/h6,8-9,12,15H,4-5,7H2,1-3H3. The molecule has 90 valence electrons. The first-order valence-electron chi connectivity index (χ1n) is 5.71. The molecule has 0 heterocycles. The van der Waals surface area contributed by atoms with E-state index in [1.165, 1.54) is 6.07 Å². The van der Waals surface area contributed by atoms with Crippen molar-refractivity contribution in [2.75, 3.05) is 14.2 Å². The summed E-state index contributed by atoms with van der Waals surface area (Å²) in [6.45, 7) is 2.14. The Morgan fingerprint density at radius 1 is 1.44 bits per heavy atom. The number of halogens is 1. The molecule has 0 spiro atoms. The van der Waals surface area contributed by atoms with E-state index < -0.39 is 0 Å². The van der Waals surface area contributed by atoms with Gasteiger partial charge in [0.15, 0.2) is 0 Å². The lowest BCUT2D eigenvalue weighted by Gasteiger charge is -2.14. The van der Waals surface area contributed by atoms with E-state index in [0.717, 1.165) is 30.6 Å². The van der Waals surface area contributed by atoms with Gasteiger partial charge in [-0.2, -0.15) is 0 Å². The number of aryl methyl sites for hydroxylation is 1. The van der Waals surface area contributed by atoms with Crippen molar-refractivity contribution < 1.29 is 9.13 Å². The van der Waals surface area contributed by atoms with Crippen LogP contribution in [0.25, 0.3) is 0 Å². The van der Waals surface area contributed by atoms with Crippen LogP contribution in [-0.2, 0) is 6.42 Å². The highest BCUT2D eigenvalue weighted by Gasteiger charge is 2.08. The molecule has 1 aromatic rings. The summed E-state index contributed by atoms with van der Waals surface area (Å²) in [4.78, 5) is 0. The topological polar surface area (TPSA) is 21.3 Å². The maximum absolute atomic E-state index is 13.1. The summed E-state index contributed by atoms with van der Waals surface area (Å²) in [6.07, 6.45) is 2.90. The van der Waals surface area contributed by atoms with Crippen molar-refractivity contribution in [3.63, 3.8) is 0 Å². The van der Waals surface area contributed by atoms with Crippen LogP contribution in [0.1, 0.15) is 25.3 Å². The second kappa shape index (κ2) is 6.48. The zero-order valence-electron chi connectivity index (χ0n) is 10.2. The molecule has 1 atom stereocenters. The molecule has 0 saturated heterocycles. The summed E-state index contributed by atoms with van der Waals surface area (Å²) in [5.74, 6) is 0.570. The highest BCUT2D eigenvalue weighted by atomic mass is 19.1. The summed E-state index contributed by atoms with van der Waals surface area (Å²) in [5, 5.41) is 3.24. The highest BCUT2D eigenvalue weighted by molar-refractivity contribution is 5.34. The van der Waals surface area contributed by atoms with Crippen molar-refractivity contribution in [1.29, 1.82) is 0 Å². The molecule has 2 nitrogen and oxygen atoms in total. The number of nitrogens with one attached hydrogen (secondary N) is 1. The minimum atomic E-state index is -0.201. The monoisotopic (exact) mass is 225 g/mol. The molecule has 3 heteroatoms. The van der Waals surface area contributed by atoms with Crippen molar-refractivity contribution in [1.82, 2.24) is 5.32 Å². The van der Waals surface area contributed by atoms with Gasteiger partial charge >= 0.3 is 0 Å². The smallest absolute Gasteiger partial charge is 0.123 e. The van der Waals surface area contributed by atoms with Gasteiger partial charge in [-0.3, -0.25) is 0 Å². The molecule has 0 radical (unpaired) electrons. The molecule has 16 heavy (non-hydrogen) atoms. The quantitative estimate of drug-likeness (QED) is 0.803. The third-order valence-electron chi connectivity index (χ3n) is 2.91. The highest BCUT2D eigenvalue weighted by Crippen LogP contribution is 2.21. The molecule has 1 N–H and O–H groups in total. The van der Waals surface area contributed by atoms with Crippen LogP contribution < -0.4 is 10.1 Å². The van der Waals surface area contributed by atoms with Gasteiger partial charge in [-0.05, 0) is 50.1 Å². The number of hydrogen-bond donors (Lipinski definition) is 1. The molecule has 0 amide bonds. The maximum Gasteiger partial charge on any atom is 0.123 e.